The van der Waals surface area contributed by atoms with Crippen LogP contribution < -0.4 is 10.6 Å². The Morgan fingerprint density at radius 2 is 1.57 bits per heavy atom. The quantitative estimate of drug-likeness (QED) is 0.623. The zero-order chi connectivity index (χ0) is 21.5. The number of benzene rings is 2. The van der Waals surface area contributed by atoms with Crippen molar-refractivity contribution in [2.75, 3.05) is 45.1 Å². The first-order valence-corrected chi connectivity index (χ1v) is 9.84. The van der Waals surface area contributed by atoms with Gasteiger partial charge in [0.1, 0.15) is 0 Å². The molecule has 8 nitrogen and oxygen atoms in total. The normalized spacial score (nSPS) is 15.9. The lowest BCUT2D eigenvalue weighted by Crippen LogP contribution is -2.49. The monoisotopic (exact) mass is 410 g/mol. The van der Waals surface area contributed by atoms with E-state index in [9.17, 15) is 14.4 Å². The van der Waals surface area contributed by atoms with Crippen molar-refractivity contribution in [2.45, 2.75) is 6.04 Å². The summed E-state index contributed by atoms with van der Waals surface area (Å²) in [5.41, 5.74) is 1.56. The summed E-state index contributed by atoms with van der Waals surface area (Å²) >= 11 is 0. The predicted molar refractivity (Wildman–Crippen MR) is 113 cm³/mol. The molecule has 1 fully saturated rings. The van der Waals surface area contributed by atoms with Crippen LogP contribution in [0.2, 0.25) is 0 Å². The maximum absolute atomic E-state index is 12.3. The smallest absolute Gasteiger partial charge is 0.335 e. The molecular formula is C22H26N4O4. The van der Waals surface area contributed by atoms with Gasteiger partial charge in [0.15, 0.2) is 0 Å². The molecule has 158 valence electrons. The van der Waals surface area contributed by atoms with E-state index in [4.69, 9.17) is 5.11 Å². The topological polar surface area (TPSA) is 102 Å². The molecule has 0 saturated carbocycles. The second kappa shape index (κ2) is 10.00. The molecule has 1 aliphatic heterocycles. The lowest BCUT2D eigenvalue weighted by molar-refractivity contribution is -0.136. The summed E-state index contributed by atoms with van der Waals surface area (Å²) < 4.78 is 0. The highest BCUT2D eigenvalue weighted by atomic mass is 16.4. The van der Waals surface area contributed by atoms with Crippen molar-refractivity contribution in [3.05, 3.63) is 65.7 Å². The highest BCUT2D eigenvalue weighted by molar-refractivity contribution is 6.39. The summed E-state index contributed by atoms with van der Waals surface area (Å²) in [5, 5.41) is 14.2. The van der Waals surface area contributed by atoms with Crippen molar-refractivity contribution < 1.29 is 19.5 Å². The van der Waals surface area contributed by atoms with Crippen molar-refractivity contribution in [1.82, 2.24) is 15.1 Å². The molecule has 8 heteroatoms. The fourth-order valence-corrected chi connectivity index (χ4v) is 3.42. The molecule has 1 atom stereocenters. The molecule has 0 aromatic heterocycles. The molecule has 1 heterocycles. The van der Waals surface area contributed by atoms with Crippen molar-refractivity contribution >= 4 is 23.5 Å². The number of likely N-dealkylation sites (N-methyl/N-ethyl adjacent to an activating group) is 1. The molecule has 30 heavy (non-hydrogen) atoms. The standard InChI is InChI=1S/C22H26N4O4/c1-25-11-13-26(14-12-25)19(16-5-3-2-4-6-16)15-23-20(27)21(28)24-18-9-7-17(8-10-18)22(29)30/h2-10,19H,11-15H2,1H3,(H,23,27)(H,24,28)(H,29,30)/t19-/m1/s1. The van der Waals surface area contributed by atoms with Crippen LogP contribution in [0, 0.1) is 0 Å². The number of carbonyl (C=O) groups excluding carboxylic acids is 2. The lowest BCUT2D eigenvalue weighted by Gasteiger charge is -2.38. The van der Waals surface area contributed by atoms with Crippen LogP contribution in [0.25, 0.3) is 0 Å². The van der Waals surface area contributed by atoms with Gasteiger partial charge in [-0.1, -0.05) is 30.3 Å². The first-order chi connectivity index (χ1) is 14.4. The number of amides is 2. The Morgan fingerprint density at radius 1 is 0.933 bits per heavy atom. The van der Waals surface area contributed by atoms with Crippen LogP contribution in [0.1, 0.15) is 22.0 Å². The maximum atomic E-state index is 12.3. The summed E-state index contributed by atoms with van der Waals surface area (Å²) in [6, 6.07) is 15.6. The van der Waals surface area contributed by atoms with Gasteiger partial charge in [-0.15, -0.1) is 0 Å². The van der Waals surface area contributed by atoms with Gasteiger partial charge in [0.25, 0.3) is 0 Å². The van der Waals surface area contributed by atoms with Crippen molar-refractivity contribution in [3.8, 4) is 0 Å². The summed E-state index contributed by atoms with van der Waals surface area (Å²) in [6.07, 6.45) is 0. The molecule has 2 aromatic rings. The van der Waals surface area contributed by atoms with E-state index in [1.54, 1.807) is 0 Å². The van der Waals surface area contributed by atoms with Gasteiger partial charge in [-0.05, 0) is 36.9 Å². The molecule has 0 radical (unpaired) electrons. The van der Waals surface area contributed by atoms with Crippen molar-refractivity contribution in [2.24, 2.45) is 0 Å². The van der Waals surface area contributed by atoms with Gasteiger partial charge >= 0.3 is 17.8 Å². The molecule has 1 saturated heterocycles. The SMILES string of the molecule is CN1CCN([C@H](CNC(=O)C(=O)Nc2ccc(C(=O)O)cc2)c2ccccc2)CC1. The van der Waals surface area contributed by atoms with E-state index in [0.29, 0.717) is 12.2 Å². The Morgan fingerprint density at radius 3 is 2.17 bits per heavy atom. The van der Waals surface area contributed by atoms with Crippen LogP contribution >= 0.6 is 0 Å². The first-order valence-electron chi connectivity index (χ1n) is 9.84. The molecular weight excluding hydrogens is 384 g/mol. The minimum atomic E-state index is -1.05. The summed E-state index contributed by atoms with van der Waals surface area (Å²) in [4.78, 5) is 40.1. The third-order valence-corrected chi connectivity index (χ3v) is 5.21. The van der Waals surface area contributed by atoms with Crippen molar-refractivity contribution in [1.29, 1.82) is 0 Å². The Kier molecular flexibility index (Phi) is 7.16. The molecule has 2 amide bonds. The van der Waals surface area contributed by atoms with Gasteiger partial charge in [0.05, 0.1) is 11.6 Å². The third kappa shape index (κ3) is 5.65. The highest BCUT2D eigenvalue weighted by Gasteiger charge is 2.25. The molecule has 3 rings (SSSR count). The van der Waals surface area contributed by atoms with E-state index in [-0.39, 0.29) is 11.6 Å². The number of nitrogens with one attached hydrogen (secondary N) is 2. The van der Waals surface area contributed by atoms with E-state index >= 15 is 0 Å². The van der Waals surface area contributed by atoms with E-state index < -0.39 is 17.8 Å². The number of anilines is 1. The number of piperazine rings is 1. The van der Waals surface area contributed by atoms with E-state index in [0.717, 1.165) is 31.7 Å². The Balaban J connectivity index is 1.60. The van der Waals surface area contributed by atoms with E-state index in [2.05, 4.69) is 27.5 Å². The average Bonchev–Trinajstić information content (AvgIpc) is 2.76. The van der Waals surface area contributed by atoms with Gasteiger partial charge in [-0.3, -0.25) is 14.5 Å². The summed E-state index contributed by atoms with van der Waals surface area (Å²) in [7, 11) is 2.09. The van der Waals surface area contributed by atoms with E-state index in [1.807, 2.05) is 30.3 Å². The molecule has 0 bridgehead atoms. The van der Waals surface area contributed by atoms with Crippen LogP contribution in [0.4, 0.5) is 5.69 Å². The number of hydrogen-bond donors (Lipinski definition) is 3. The molecule has 3 N–H and O–H groups in total. The van der Waals surface area contributed by atoms with Gasteiger partial charge in [-0.25, -0.2) is 4.79 Å². The van der Waals surface area contributed by atoms with Crippen molar-refractivity contribution in [3.63, 3.8) is 0 Å². The fourth-order valence-electron chi connectivity index (χ4n) is 3.42. The predicted octanol–water partition coefficient (Wildman–Crippen LogP) is 1.43. The highest BCUT2D eigenvalue weighted by Crippen LogP contribution is 2.21. The summed E-state index contributed by atoms with van der Waals surface area (Å²) in [5.74, 6) is -2.57. The Hall–Kier alpha value is -3.23. The molecule has 1 aliphatic rings. The number of hydrogen-bond acceptors (Lipinski definition) is 5. The molecule has 0 aliphatic carbocycles. The lowest BCUT2D eigenvalue weighted by atomic mass is 10.0. The number of carboxylic acids is 1. The van der Waals surface area contributed by atoms with Crippen LogP contribution in [0.5, 0.6) is 0 Å². The zero-order valence-corrected chi connectivity index (χ0v) is 16.9. The number of carbonyl (C=O) groups is 3. The number of aromatic carboxylic acids is 1. The van der Waals surface area contributed by atoms with Gasteiger partial charge in [-0.2, -0.15) is 0 Å². The second-order valence-electron chi connectivity index (χ2n) is 7.31. The van der Waals surface area contributed by atoms with Crippen LogP contribution in [0.15, 0.2) is 54.6 Å². The largest absolute Gasteiger partial charge is 0.478 e. The van der Waals surface area contributed by atoms with Gasteiger partial charge < -0.3 is 20.6 Å². The first kappa shape index (κ1) is 21.5. The van der Waals surface area contributed by atoms with E-state index in [1.165, 1.54) is 24.3 Å². The number of nitrogens with zero attached hydrogens (tertiary/aromatic N) is 2. The average molecular weight is 410 g/mol. The minimum Gasteiger partial charge on any atom is -0.478 e. The Labute approximate surface area is 175 Å². The molecule has 2 aromatic carbocycles. The third-order valence-electron chi connectivity index (χ3n) is 5.21. The minimum absolute atomic E-state index is 0.0218. The molecule has 0 unspecified atom stereocenters. The second-order valence-corrected chi connectivity index (χ2v) is 7.31. The van der Waals surface area contributed by atoms with Gasteiger partial charge in [0.2, 0.25) is 0 Å². The number of rotatable bonds is 6. The number of carboxylic acid groups (broad SMARTS) is 1. The van der Waals surface area contributed by atoms with Gasteiger partial charge in [0, 0.05) is 38.4 Å². The Bertz CT molecular complexity index is 878. The fraction of sp³-hybridized carbons (Fsp3) is 0.318. The zero-order valence-electron chi connectivity index (χ0n) is 16.9. The van der Waals surface area contributed by atoms with Crippen LogP contribution in [-0.4, -0.2) is 72.5 Å². The summed E-state index contributed by atoms with van der Waals surface area (Å²) in [6.45, 7) is 3.98. The maximum Gasteiger partial charge on any atom is 0.335 e. The van der Waals surface area contributed by atoms with Crippen LogP contribution in [0.3, 0.4) is 0 Å². The van der Waals surface area contributed by atoms with Crippen LogP contribution in [-0.2, 0) is 9.59 Å². The molecule has 0 spiro atoms.